The molecule has 120 valence electrons. The number of carbonyl (C=O) groups excluding carboxylic acids is 1. The quantitative estimate of drug-likeness (QED) is 0.866. The van der Waals surface area contributed by atoms with E-state index in [2.05, 4.69) is 10.1 Å². The average molecular weight is 338 g/mol. The summed E-state index contributed by atoms with van der Waals surface area (Å²) in [6, 6.07) is 3.81. The summed E-state index contributed by atoms with van der Waals surface area (Å²) in [6.45, 7) is -1.53. The highest BCUT2D eigenvalue weighted by atomic mass is 35.5. The predicted octanol–water partition coefficient (Wildman–Crippen LogP) is 2.94. The molecule has 0 spiro atoms. The monoisotopic (exact) mass is 337 g/mol. The first kappa shape index (κ1) is 16.4. The first-order valence-electron chi connectivity index (χ1n) is 6.20. The fraction of sp³-hybridized carbons (Fsp3) is 0.385. The van der Waals surface area contributed by atoms with E-state index < -0.39 is 36.5 Å². The largest absolute Gasteiger partial charge is 0.482 e. The molecule has 5 nitrogen and oxygen atoms in total. The molecular formula is C13H11ClF3NO4. The standard InChI is InChI=1S/C13H11ClF3NO4/c14-6-1-2-9(10(3-6)22-5-13(15,16)17)18-11(19)7-4-8(7)12(20)21/h1-3,7-8H,4-5H2,(H,18,19)(H,20,21)/t7-,8-/m1/s1. The van der Waals surface area contributed by atoms with E-state index in [1.54, 1.807) is 0 Å². The fourth-order valence-corrected chi connectivity index (χ4v) is 2.02. The number of nitrogens with one attached hydrogen (secondary N) is 1. The topological polar surface area (TPSA) is 75.6 Å². The minimum absolute atomic E-state index is 0.00897. The molecule has 1 amide bonds. The number of carboxylic acids is 1. The third-order valence-corrected chi connectivity index (χ3v) is 3.27. The molecule has 1 saturated carbocycles. The van der Waals surface area contributed by atoms with Crippen molar-refractivity contribution in [2.45, 2.75) is 12.6 Å². The van der Waals surface area contributed by atoms with E-state index in [0.29, 0.717) is 0 Å². The van der Waals surface area contributed by atoms with E-state index in [-0.39, 0.29) is 22.9 Å². The summed E-state index contributed by atoms with van der Waals surface area (Å²) < 4.78 is 41.2. The third-order valence-electron chi connectivity index (χ3n) is 3.04. The number of carboxylic acid groups (broad SMARTS) is 1. The zero-order valence-corrected chi connectivity index (χ0v) is 11.7. The van der Waals surface area contributed by atoms with E-state index in [9.17, 15) is 22.8 Å². The Morgan fingerprint density at radius 1 is 1.36 bits per heavy atom. The van der Waals surface area contributed by atoms with Crippen molar-refractivity contribution in [3.05, 3.63) is 23.2 Å². The maximum atomic E-state index is 12.2. The molecule has 0 aromatic heterocycles. The summed E-state index contributed by atoms with van der Waals surface area (Å²) in [4.78, 5) is 22.5. The number of ether oxygens (including phenoxy) is 1. The summed E-state index contributed by atoms with van der Waals surface area (Å²) in [7, 11) is 0. The Labute approximate surface area is 128 Å². The molecule has 0 aliphatic heterocycles. The number of aliphatic carboxylic acids is 1. The van der Waals surface area contributed by atoms with Crippen LogP contribution >= 0.6 is 11.6 Å². The van der Waals surface area contributed by atoms with Gasteiger partial charge in [-0.2, -0.15) is 13.2 Å². The molecule has 1 aromatic carbocycles. The summed E-state index contributed by atoms with van der Waals surface area (Å²) >= 11 is 5.69. The van der Waals surface area contributed by atoms with Crippen LogP contribution in [-0.4, -0.2) is 29.8 Å². The van der Waals surface area contributed by atoms with Gasteiger partial charge in [0.05, 0.1) is 17.5 Å². The van der Waals surface area contributed by atoms with Gasteiger partial charge in [0.1, 0.15) is 5.75 Å². The molecule has 0 heterocycles. The first-order chi connectivity index (χ1) is 10.2. The van der Waals surface area contributed by atoms with E-state index in [1.807, 2.05) is 0 Å². The van der Waals surface area contributed by atoms with Crippen LogP contribution in [0, 0.1) is 11.8 Å². The lowest BCUT2D eigenvalue weighted by molar-refractivity contribution is -0.153. The number of alkyl halides is 3. The van der Waals surface area contributed by atoms with Gasteiger partial charge in [-0.05, 0) is 18.6 Å². The van der Waals surface area contributed by atoms with Crippen molar-refractivity contribution in [3.63, 3.8) is 0 Å². The van der Waals surface area contributed by atoms with Crippen molar-refractivity contribution in [1.82, 2.24) is 0 Å². The molecule has 0 unspecified atom stereocenters. The number of rotatable bonds is 5. The Bertz CT molecular complexity index is 605. The van der Waals surface area contributed by atoms with Crippen LogP contribution in [0.5, 0.6) is 5.75 Å². The number of amides is 1. The smallest absolute Gasteiger partial charge is 0.422 e. The van der Waals surface area contributed by atoms with Crippen LogP contribution in [0.2, 0.25) is 5.02 Å². The van der Waals surface area contributed by atoms with E-state index >= 15 is 0 Å². The lowest BCUT2D eigenvalue weighted by Gasteiger charge is -2.14. The number of benzene rings is 1. The molecule has 1 aliphatic rings. The first-order valence-corrected chi connectivity index (χ1v) is 6.58. The highest BCUT2D eigenvalue weighted by molar-refractivity contribution is 6.30. The second-order valence-corrected chi connectivity index (χ2v) is 5.26. The number of hydrogen-bond donors (Lipinski definition) is 2. The van der Waals surface area contributed by atoms with Gasteiger partial charge >= 0.3 is 12.1 Å². The lowest BCUT2D eigenvalue weighted by atomic mass is 10.2. The van der Waals surface area contributed by atoms with Gasteiger partial charge in [-0.15, -0.1) is 0 Å². The normalized spacial score (nSPS) is 20.4. The van der Waals surface area contributed by atoms with Gasteiger partial charge in [-0.3, -0.25) is 9.59 Å². The van der Waals surface area contributed by atoms with Crippen molar-refractivity contribution < 1.29 is 32.6 Å². The van der Waals surface area contributed by atoms with Crippen LogP contribution in [0.3, 0.4) is 0 Å². The maximum Gasteiger partial charge on any atom is 0.422 e. The zero-order chi connectivity index (χ0) is 16.5. The summed E-state index contributed by atoms with van der Waals surface area (Å²) in [5.74, 6) is -3.34. The van der Waals surface area contributed by atoms with Crippen molar-refractivity contribution in [2.75, 3.05) is 11.9 Å². The summed E-state index contributed by atoms with van der Waals surface area (Å²) in [6.07, 6.45) is -4.33. The van der Waals surface area contributed by atoms with E-state index in [0.717, 1.165) is 6.07 Å². The van der Waals surface area contributed by atoms with Crippen LogP contribution in [0.4, 0.5) is 18.9 Å². The van der Waals surface area contributed by atoms with Crippen LogP contribution in [-0.2, 0) is 9.59 Å². The molecule has 22 heavy (non-hydrogen) atoms. The van der Waals surface area contributed by atoms with E-state index in [1.165, 1.54) is 12.1 Å². The molecule has 1 aromatic rings. The number of anilines is 1. The Kier molecular flexibility index (Phi) is 4.50. The molecular weight excluding hydrogens is 327 g/mol. The van der Waals surface area contributed by atoms with Gasteiger partial charge < -0.3 is 15.2 Å². The summed E-state index contributed by atoms with van der Waals surface area (Å²) in [5.41, 5.74) is 0.00897. The maximum absolute atomic E-state index is 12.2. The Balaban J connectivity index is 2.07. The Morgan fingerprint density at radius 2 is 2.05 bits per heavy atom. The molecule has 1 aliphatic carbocycles. The third kappa shape index (κ3) is 4.27. The molecule has 0 radical (unpaired) electrons. The lowest BCUT2D eigenvalue weighted by Crippen LogP contribution is -2.21. The van der Waals surface area contributed by atoms with Gasteiger partial charge in [-0.25, -0.2) is 0 Å². The second-order valence-electron chi connectivity index (χ2n) is 4.82. The minimum atomic E-state index is -4.53. The molecule has 1 fully saturated rings. The Morgan fingerprint density at radius 3 is 2.59 bits per heavy atom. The van der Waals surface area contributed by atoms with Crippen molar-refractivity contribution in [2.24, 2.45) is 11.8 Å². The fourth-order valence-electron chi connectivity index (χ4n) is 1.86. The number of halogens is 4. The molecule has 0 saturated heterocycles. The molecule has 2 N–H and O–H groups in total. The number of carbonyl (C=O) groups is 2. The van der Waals surface area contributed by atoms with Gasteiger partial charge in [0.25, 0.3) is 0 Å². The predicted molar refractivity (Wildman–Crippen MR) is 70.9 cm³/mol. The van der Waals surface area contributed by atoms with Gasteiger partial charge in [-0.1, -0.05) is 11.6 Å². The molecule has 9 heteroatoms. The Hall–Kier alpha value is -1.96. The van der Waals surface area contributed by atoms with Crippen molar-refractivity contribution in [3.8, 4) is 5.75 Å². The van der Waals surface area contributed by atoms with Gasteiger partial charge in [0.2, 0.25) is 5.91 Å². The average Bonchev–Trinajstić information content (AvgIpc) is 3.18. The minimum Gasteiger partial charge on any atom is -0.482 e. The van der Waals surface area contributed by atoms with Crippen molar-refractivity contribution >= 4 is 29.2 Å². The van der Waals surface area contributed by atoms with E-state index in [4.69, 9.17) is 16.7 Å². The van der Waals surface area contributed by atoms with Crippen LogP contribution < -0.4 is 10.1 Å². The summed E-state index contributed by atoms with van der Waals surface area (Å²) in [5, 5.41) is 11.3. The number of hydrogen-bond acceptors (Lipinski definition) is 3. The highest BCUT2D eigenvalue weighted by Crippen LogP contribution is 2.40. The molecule has 2 rings (SSSR count). The SMILES string of the molecule is O=C(O)[C@@H]1C[C@H]1C(=O)Nc1ccc(Cl)cc1OCC(F)(F)F. The second kappa shape index (κ2) is 6.04. The van der Waals surface area contributed by atoms with Crippen molar-refractivity contribution in [1.29, 1.82) is 0 Å². The van der Waals surface area contributed by atoms with Gasteiger partial charge in [0, 0.05) is 11.1 Å². The van der Waals surface area contributed by atoms with Crippen LogP contribution in [0.1, 0.15) is 6.42 Å². The highest BCUT2D eigenvalue weighted by Gasteiger charge is 2.48. The molecule has 0 bridgehead atoms. The zero-order valence-electron chi connectivity index (χ0n) is 11.0. The van der Waals surface area contributed by atoms with Crippen LogP contribution in [0.15, 0.2) is 18.2 Å². The van der Waals surface area contributed by atoms with Crippen LogP contribution in [0.25, 0.3) is 0 Å². The van der Waals surface area contributed by atoms with Gasteiger partial charge in [0.15, 0.2) is 6.61 Å². The molecule has 2 atom stereocenters.